The molecule has 0 bridgehead atoms. The molecule has 1 atom stereocenters. The fourth-order valence-electron chi connectivity index (χ4n) is 3.60. The zero-order valence-corrected chi connectivity index (χ0v) is 15.9. The maximum absolute atomic E-state index is 12.5. The molecular formula is C20H27N4O3+. The van der Waals surface area contributed by atoms with Crippen molar-refractivity contribution < 1.29 is 14.4 Å². The van der Waals surface area contributed by atoms with Crippen LogP contribution in [0, 0.1) is 0 Å². The Kier molecular flexibility index (Phi) is 6.24. The van der Waals surface area contributed by atoms with Crippen molar-refractivity contribution in [3.8, 4) is 5.75 Å². The molecule has 2 heterocycles. The van der Waals surface area contributed by atoms with Gasteiger partial charge in [-0.25, -0.2) is 4.68 Å². The molecule has 7 heteroatoms. The number of carbonyl (C=O) groups excluding carboxylic acids is 1. The lowest BCUT2D eigenvalue weighted by Crippen LogP contribution is -3.13. The van der Waals surface area contributed by atoms with Gasteiger partial charge in [-0.1, -0.05) is 0 Å². The van der Waals surface area contributed by atoms with Crippen LogP contribution in [0.2, 0.25) is 0 Å². The van der Waals surface area contributed by atoms with Crippen LogP contribution in [0.1, 0.15) is 41.4 Å². The van der Waals surface area contributed by atoms with Crippen LogP contribution in [0.4, 0.5) is 0 Å². The quantitative estimate of drug-likeness (QED) is 0.767. The Balaban J connectivity index is 1.74. The highest BCUT2D eigenvalue weighted by molar-refractivity contribution is 5.92. The first-order valence-electron chi connectivity index (χ1n) is 9.39. The number of nitrogens with zero attached hydrogens (tertiary/aromatic N) is 2. The second-order valence-corrected chi connectivity index (χ2v) is 6.94. The predicted octanol–water partition coefficient (Wildman–Crippen LogP) is 0.329. The van der Waals surface area contributed by atoms with Crippen LogP contribution in [0.3, 0.4) is 0 Å². The first-order chi connectivity index (χ1) is 13.1. The van der Waals surface area contributed by atoms with Gasteiger partial charge in [-0.2, -0.15) is 5.10 Å². The van der Waals surface area contributed by atoms with Crippen LogP contribution in [0.25, 0.3) is 0 Å². The molecule has 144 valence electrons. The Labute approximate surface area is 158 Å². The minimum atomic E-state index is -0.263. The van der Waals surface area contributed by atoms with E-state index in [1.807, 2.05) is 12.1 Å². The third-order valence-corrected chi connectivity index (χ3v) is 5.17. The molecule has 27 heavy (non-hydrogen) atoms. The topological polar surface area (TPSA) is 77.7 Å². The average molecular weight is 371 g/mol. The third-order valence-electron chi connectivity index (χ3n) is 5.17. The summed E-state index contributed by atoms with van der Waals surface area (Å²) in [7, 11) is 3.19. The summed E-state index contributed by atoms with van der Waals surface area (Å²) < 4.78 is 6.43. The summed E-state index contributed by atoms with van der Waals surface area (Å²) in [5.41, 5.74) is 1.20. The molecule has 0 aliphatic carbocycles. The highest BCUT2D eigenvalue weighted by Crippen LogP contribution is 2.16. The van der Waals surface area contributed by atoms with Gasteiger partial charge in [0.15, 0.2) is 0 Å². The number of carbonyl (C=O) groups is 1. The van der Waals surface area contributed by atoms with Gasteiger partial charge in [-0.3, -0.25) is 9.59 Å². The molecule has 1 aromatic carbocycles. The lowest BCUT2D eigenvalue weighted by atomic mass is 10.0. The lowest BCUT2D eigenvalue weighted by Gasteiger charge is -2.32. The lowest BCUT2D eigenvalue weighted by molar-refractivity contribution is -0.935. The van der Waals surface area contributed by atoms with Crippen molar-refractivity contribution >= 4 is 5.91 Å². The van der Waals surface area contributed by atoms with E-state index in [1.165, 1.54) is 53.6 Å². The number of amides is 1. The Hall–Kier alpha value is -2.67. The van der Waals surface area contributed by atoms with Crippen molar-refractivity contribution in [1.29, 1.82) is 0 Å². The van der Waals surface area contributed by atoms with E-state index in [-0.39, 0.29) is 23.2 Å². The molecule has 0 radical (unpaired) electrons. The number of ether oxygens (including phenoxy) is 1. The largest absolute Gasteiger partial charge is 0.497 e. The highest BCUT2D eigenvalue weighted by atomic mass is 16.5. The highest BCUT2D eigenvalue weighted by Gasteiger charge is 2.27. The van der Waals surface area contributed by atoms with Gasteiger partial charge < -0.3 is 15.0 Å². The average Bonchev–Trinajstić information content (AvgIpc) is 2.71. The first kappa shape index (κ1) is 19.1. The van der Waals surface area contributed by atoms with E-state index in [0.717, 1.165) is 18.8 Å². The molecule has 0 spiro atoms. The van der Waals surface area contributed by atoms with Crippen molar-refractivity contribution in [1.82, 2.24) is 15.1 Å². The minimum Gasteiger partial charge on any atom is -0.497 e. The standard InChI is InChI=1S/C20H26N4O3/c1-23-19(25)11-10-17(22-23)20(26)21-14-18(24-12-4-3-5-13-24)15-6-8-16(27-2)9-7-15/h6-11,18H,3-5,12-14H2,1-2H3,(H,21,26)/p+1/t18-/m0/s1. The molecule has 1 aromatic heterocycles. The molecule has 2 N–H and O–H groups in total. The van der Waals surface area contributed by atoms with Crippen molar-refractivity contribution in [2.45, 2.75) is 25.3 Å². The summed E-state index contributed by atoms with van der Waals surface area (Å²) in [6, 6.07) is 11.1. The molecule has 3 rings (SSSR count). The van der Waals surface area contributed by atoms with Crippen molar-refractivity contribution in [2.24, 2.45) is 7.05 Å². The molecule has 2 aromatic rings. The summed E-state index contributed by atoms with van der Waals surface area (Å²) in [6.07, 6.45) is 3.68. The van der Waals surface area contributed by atoms with Crippen LogP contribution in [-0.4, -0.2) is 42.4 Å². The second-order valence-electron chi connectivity index (χ2n) is 6.94. The predicted molar refractivity (Wildman–Crippen MR) is 102 cm³/mol. The number of hydrogen-bond donors (Lipinski definition) is 2. The van der Waals surface area contributed by atoms with Crippen LogP contribution in [-0.2, 0) is 7.05 Å². The molecular weight excluding hydrogens is 344 g/mol. The van der Waals surface area contributed by atoms with Gasteiger partial charge in [0.25, 0.3) is 11.5 Å². The van der Waals surface area contributed by atoms with Gasteiger partial charge >= 0.3 is 0 Å². The number of methoxy groups -OCH3 is 1. The normalized spacial score (nSPS) is 15.9. The SMILES string of the molecule is COc1ccc([C@H](CNC(=O)c2ccc(=O)n(C)n2)[NH+]2CCCCC2)cc1. The first-order valence-corrected chi connectivity index (χ1v) is 9.39. The summed E-state index contributed by atoms with van der Waals surface area (Å²) >= 11 is 0. The van der Waals surface area contributed by atoms with E-state index in [2.05, 4.69) is 22.5 Å². The summed E-state index contributed by atoms with van der Waals surface area (Å²) in [4.78, 5) is 25.5. The smallest absolute Gasteiger partial charge is 0.271 e. The molecule has 0 unspecified atom stereocenters. The maximum atomic E-state index is 12.5. The zero-order chi connectivity index (χ0) is 19.2. The molecule has 1 aliphatic heterocycles. The van der Waals surface area contributed by atoms with Gasteiger partial charge in [0.2, 0.25) is 0 Å². The zero-order valence-electron chi connectivity index (χ0n) is 15.9. The van der Waals surface area contributed by atoms with E-state index < -0.39 is 0 Å². The number of likely N-dealkylation sites (tertiary alicyclic amines) is 1. The number of quaternary nitrogens is 1. The molecule has 7 nitrogen and oxygen atoms in total. The van der Waals surface area contributed by atoms with E-state index in [0.29, 0.717) is 6.54 Å². The van der Waals surface area contributed by atoms with Gasteiger partial charge in [-0.15, -0.1) is 0 Å². The van der Waals surface area contributed by atoms with E-state index in [1.54, 1.807) is 7.11 Å². The van der Waals surface area contributed by atoms with Crippen LogP contribution < -0.4 is 20.5 Å². The summed E-state index contributed by atoms with van der Waals surface area (Å²) in [6.45, 7) is 2.72. The molecule has 1 aliphatic rings. The summed E-state index contributed by atoms with van der Waals surface area (Å²) in [5, 5.41) is 7.03. The Morgan fingerprint density at radius 1 is 1.19 bits per heavy atom. The number of hydrogen-bond acceptors (Lipinski definition) is 4. The molecule has 0 saturated carbocycles. The Morgan fingerprint density at radius 3 is 2.52 bits per heavy atom. The monoisotopic (exact) mass is 371 g/mol. The van der Waals surface area contributed by atoms with Crippen LogP contribution >= 0.6 is 0 Å². The Morgan fingerprint density at radius 2 is 1.89 bits per heavy atom. The van der Waals surface area contributed by atoms with Gasteiger partial charge in [0.05, 0.1) is 26.7 Å². The van der Waals surface area contributed by atoms with E-state index >= 15 is 0 Å². The number of benzene rings is 1. The third kappa shape index (κ3) is 4.74. The van der Waals surface area contributed by atoms with E-state index in [4.69, 9.17) is 4.74 Å². The Bertz CT molecular complexity index is 826. The fraction of sp³-hybridized carbons (Fsp3) is 0.450. The number of rotatable bonds is 6. The van der Waals surface area contributed by atoms with Crippen molar-refractivity contribution in [3.05, 3.63) is 58.0 Å². The van der Waals surface area contributed by atoms with Crippen molar-refractivity contribution in [2.75, 3.05) is 26.7 Å². The number of nitrogens with one attached hydrogen (secondary N) is 2. The fourth-order valence-corrected chi connectivity index (χ4v) is 3.60. The van der Waals surface area contributed by atoms with Crippen molar-refractivity contribution in [3.63, 3.8) is 0 Å². The van der Waals surface area contributed by atoms with Gasteiger partial charge in [0, 0.05) is 18.7 Å². The van der Waals surface area contributed by atoms with Crippen LogP contribution in [0.5, 0.6) is 5.75 Å². The molecule has 1 amide bonds. The van der Waals surface area contributed by atoms with Crippen LogP contribution in [0.15, 0.2) is 41.2 Å². The number of aryl methyl sites for hydroxylation is 1. The van der Waals surface area contributed by atoms with E-state index in [9.17, 15) is 9.59 Å². The van der Waals surface area contributed by atoms with Gasteiger partial charge in [-0.05, 0) is 49.6 Å². The molecule has 1 fully saturated rings. The minimum absolute atomic E-state index is 0.174. The molecule has 1 saturated heterocycles. The van der Waals surface area contributed by atoms with Gasteiger partial charge in [0.1, 0.15) is 17.5 Å². The summed E-state index contributed by atoms with van der Waals surface area (Å²) in [5.74, 6) is 0.560. The second kappa shape index (κ2) is 8.81. The number of aromatic nitrogens is 2. The number of piperidine rings is 1. The maximum Gasteiger partial charge on any atom is 0.271 e.